The molecule has 0 spiro atoms. The average molecular weight is 526 g/mol. The fourth-order valence-corrected chi connectivity index (χ4v) is 4.93. The molecule has 1 amide bonds. The van der Waals surface area contributed by atoms with Gasteiger partial charge in [-0.2, -0.15) is 0 Å². The third-order valence-corrected chi connectivity index (χ3v) is 6.89. The van der Waals surface area contributed by atoms with Gasteiger partial charge in [-0.1, -0.05) is 74.4 Å². The van der Waals surface area contributed by atoms with E-state index in [4.69, 9.17) is 13.9 Å². The molecule has 4 aromatic rings. The molecule has 0 saturated heterocycles. The van der Waals surface area contributed by atoms with Crippen LogP contribution in [0.2, 0.25) is 0 Å². The Bertz CT molecular complexity index is 1520. The second-order valence-corrected chi connectivity index (χ2v) is 9.53. The predicted octanol–water partition coefficient (Wildman–Crippen LogP) is 6.79. The van der Waals surface area contributed by atoms with Crippen molar-refractivity contribution in [3.05, 3.63) is 107 Å². The topological polar surface area (TPSA) is 89.2 Å². The highest BCUT2D eigenvalue weighted by Gasteiger charge is 2.44. The SMILES string of the molecule is CCCCCOc1cccc(C2C(C(=O)c3cc4cccc(OC)c4o3)=C(O)C(=O)N2Cc2ccccc2)c1. The molecule has 7 nitrogen and oxygen atoms in total. The van der Waals surface area contributed by atoms with E-state index in [-0.39, 0.29) is 17.9 Å². The Morgan fingerprint density at radius 2 is 1.79 bits per heavy atom. The molecule has 1 aliphatic rings. The summed E-state index contributed by atoms with van der Waals surface area (Å²) in [4.78, 5) is 28.9. The van der Waals surface area contributed by atoms with Crippen molar-refractivity contribution in [1.29, 1.82) is 0 Å². The maximum absolute atomic E-state index is 13.9. The molecule has 1 aromatic heterocycles. The van der Waals surface area contributed by atoms with E-state index in [1.807, 2.05) is 60.7 Å². The number of ether oxygens (including phenoxy) is 2. The van der Waals surface area contributed by atoms with Crippen molar-refractivity contribution < 1.29 is 28.6 Å². The Balaban J connectivity index is 1.55. The number of methoxy groups -OCH3 is 1. The number of hydrogen-bond acceptors (Lipinski definition) is 6. The second-order valence-electron chi connectivity index (χ2n) is 9.53. The summed E-state index contributed by atoms with van der Waals surface area (Å²) in [5.74, 6) is -0.612. The number of carbonyl (C=O) groups is 2. The van der Waals surface area contributed by atoms with E-state index in [1.54, 1.807) is 18.2 Å². The van der Waals surface area contributed by atoms with Gasteiger partial charge in [0.1, 0.15) is 5.75 Å². The predicted molar refractivity (Wildman–Crippen MR) is 148 cm³/mol. The monoisotopic (exact) mass is 525 g/mol. The third-order valence-electron chi connectivity index (χ3n) is 6.89. The van der Waals surface area contributed by atoms with Gasteiger partial charge in [0.2, 0.25) is 5.78 Å². The summed E-state index contributed by atoms with van der Waals surface area (Å²) in [7, 11) is 1.53. The molecule has 3 aromatic carbocycles. The first-order valence-corrected chi connectivity index (χ1v) is 13.1. The molecule has 0 fully saturated rings. The van der Waals surface area contributed by atoms with Gasteiger partial charge in [-0.15, -0.1) is 0 Å². The van der Waals surface area contributed by atoms with Crippen LogP contribution in [0.3, 0.4) is 0 Å². The van der Waals surface area contributed by atoms with Gasteiger partial charge in [-0.3, -0.25) is 9.59 Å². The molecule has 200 valence electrons. The Labute approximate surface area is 227 Å². The number of furan rings is 1. The van der Waals surface area contributed by atoms with E-state index >= 15 is 0 Å². The molecular formula is C32H31NO6. The van der Waals surface area contributed by atoms with Crippen molar-refractivity contribution in [2.24, 2.45) is 0 Å². The number of fused-ring (bicyclic) bond motifs is 1. The number of ketones is 1. The van der Waals surface area contributed by atoms with E-state index < -0.39 is 23.5 Å². The highest BCUT2D eigenvalue weighted by molar-refractivity contribution is 6.16. The largest absolute Gasteiger partial charge is 0.503 e. The third kappa shape index (κ3) is 5.25. The number of nitrogens with zero attached hydrogens (tertiary/aromatic N) is 1. The Morgan fingerprint density at radius 3 is 2.56 bits per heavy atom. The van der Waals surface area contributed by atoms with Crippen molar-refractivity contribution in [3.8, 4) is 11.5 Å². The van der Waals surface area contributed by atoms with Gasteiger partial charge in [0, 0.05) is 11.9 Å². The molecule has 2 heterocycles. The summed E-state index contributed by atoms with van der Waals surface area (Å²) in [5, 5.41) is 11.8. The number of carbonyl (C=O) groups excluding carboxylic acids is 2. The van der Waals surface area contributed by atoms with E-state index in [9.17, 15) is 14.7 Å². The number of benzene rings is 3. The zero-order chi connectivity index (χ0) is 27.4. The molecule has 0 aliphatic carbocycles. The zero-order valence-electron chi connectivity index (χ0n) is 22.1. The molecule has 1 aliphatic heterocycles. The van der Waals surface area contributed by atoms with Crippen LogP contribution in [0.15, 0.2) is 94.6 Å². The summed E-state index contributed by atoms with van der Waals surface area (Å²) >= 11 is 0. The molecule has 0 bridgehead atoms. The fourth-order valence-electron chi connectivity index (χ4n) is 4.93. The first kappa shape index (κ1) is 26.1. The highest BCUT2D eigenvalue weighted by Crippen LogP contribution is 2.41. The first-order chi connectivity index (χ1) is 19.0. The number of amides is 1. The number of aliphatic hydroxyl groups excluding tert-OH is 1. The minimum Gasteiger partial charge on any atom is -0.503 e. The summed E-state index contributed by atoms with van der Waals surface area (Å²) in [6, 6.07) is 22.9. The summed E-state index contributed by atoms with van der Waals surface area (Å²) in [5.41, 5.74) is 1.93. The van der Waals surface area contributed by atoms with Crippen LogP contribution >= 0.6 is 0 Å². The van der Waals surface area contributed by atoms with Crippen LogP contribution < -0.4 is 9.47 Å². The van der Waals surface area contributed by atoms with Gasteiger partial charge in [-0.05, 0) is 41.8 Å². The maximum Gasteiger partial charge on any atom is 0.290 e. The molecule has 1 N–H and O–H groups in total. The van der Waals surface area contributed by atoms with Crippen LogP contribution in [0.4, 0.5) is 0 Å². The minimum absolute atomic E-state index is 0.0161. The number of para-hydroxylation sites is 1. The van der Waals surface area contributed by atoms with E-state index in [2.05, 4.69) is 6.92 Å². The van der Waals surface area contributed by atoms with Crippen LogP contribution in [0, 0.1) is 0 Å². The quantitative estimate of drug-likeness (QED) is 0.171. The van der Waals surface area contributed by atoms with Crippen LogP contribution in [0.25, 0.3) is 11.0 Å². The normalized spacial score (nSPS) is 15.3. The van der Waals surface area contributed by atoms with Gasteiger partial charge >= 0.3 is 0 Å². The number of Topliss-reactive ketones (excluding diaryl/α,β-unsaturated/α-hetero) is 1. The number of hydrogen-bond donors (Lipinski definition) is 1. The molecule has 39 heavy (non-hydrogen) atoms. The van der Waals surface area contributed by atoms with Gasteiger partial charge < -0.3 is 23.9 Å². The van der Waals surface area contributed by atoms with Crippen molar-refractivity contribution in [2.45, 2.75) is 38.8 Å². The van der Waals surface area contributed by atoms with Crippen LogP contribution in [0.5, 0.6) is 11.5 Å². The van der Waals surface area contributed by atoms with E-state index in [1.165, 1.54) is 12.0 Å². The first-order valence-electron chi connectivity index (χ1n) is 13.1. The lowest BCUT2D eigenvalue weighted by Crippen LogP contribution is -2.30. The highest BCUT2D eigenvalue weighted by atomic mass is 16.5. The molecule has 7 heteroatoms. The summed E-state index contributed by atoms with van der Waals surface area (Å²) in [6.07, 6.45) is 3.09. The fraction of sp³-hybridized carbons (Fsp3) is 0.250. The second kappa shape index (κ2) is 11.5. The van der Waals surface area contributed by atoms with Crippen molar-refractivity contribution in [3.63, 3.8) is 0 Å². The lowest BCUT2D eigenvalue weighted by Gasteiger charge is -2.27. The Hall–Kier alpha value is -4.52. The van der Waals surface area contributed by atoms with Crippen LogP contribution in [0.1, 0.15) is 53.9 Å². The minimum atomic E-state index is -0.834. The number of aliphatic hydroxyl groups is 1. The average Bonchev–Trinajstić information content (AvgIpc) is 3.51. The van der Waals surface area contributed by atoms with Gasteiger partial charge in [0.15, 0.2) is 22.9 Å². The summed E-state index contributed by atoms with van der Waals surface area (Å²) in [6.45, 7) is 2.91. The molecular weight excluding hydrogens is 494 g/mol. The van der Waals surface area contributed by atoms with Gasteiger partial charge in [0.05, 0.1) is 25.3 Å². The zero-order valence-corrected chi connectivity index (χ0v) is 22.1. The van der Waals surface area contributed by atoms with Crippen molar-refractivity contribution in [2.75, 3.05) is 13.7 Å². The standard InChI is InChI=1S/C32H31NO6/c1-3-4-8-17-38-24-15-9-13-22(18-24)28-27(30(35)32(36)33(28)20-21-11-6-5-7-12-21)29(34)26-19-23-14-10-16-25(37-2)31(23)39-26/h5-7,9-16,18-19,28,35H,3-4,8,17,20H2,1-2H3. The van der Waals surface area contributed by atoms with E-state index in [0.717, 1.165) is 24.8 Å². The van der Waals surface area contributed by atoms with Crippen LogP contribution in [-0.2, 0) is 11.3 Å². The van der Waals surface area contributed by atoms with Gasteiger partial charge in [0.25, 0.3) is 5.91 Å². The number of unbranched alkanes of at least 4 members (excludes halogenated alkanes) is 2. The molecule has 1 atom stereocenters. The molecule has 0 saturated carbocycles. The lowest BCUT2D eigenvalue weighted by molar-refractivity contribution is -0.130. The molecule has 0 radical (unpaired) electrons. The van der Waals surface area contributed by atoms with Crippen molar-refractivity contribution >= 4 is 22.7 Å². The summed E-state index contributed by atoms with van der Waals surface area (Å²) < 4.78 is 17.2. The van der Waals surface area contributed by atoms with Crippen LogP contribution in [-0.4, -0.2) is 35.4 Å². The molecule has 1 unspecified atom stereocenters. The smallest absolute Gasteiger partial charge is 0.290 e. The number of rotatable bonds is 11. The van der Waals surface area contributed by atoms with Gasteiger partial charge in [-0.25, -0.2) is 0 Å². The molecule has 5 rings (SSSR count). The van der Waals surface area contributed by atoms with E-state index in [0.29, 0.717) is 34.6 Å². The maximum atomic E-state index is 13.9. The Morgan fingerprint density at radius 1 is 1.00 bits per heavy atom. The van der Waals surface area contributed by atoms with Crippen molar-refractivity contribution in [1.82, 2.24) is 4.90 Å². The lowest BCUT2D eigenvalue weighted by atomic mass is 9.94. The Kier molecular flexibility index (Phi) is 7.68.